The predicted molar refractivity (Wildman–Crippen MR) is 89.2 cm³/mol. The molecule has 1 aliphatic heterocycles. The van der Waals surface area contributed by atoms with E-state index >= 15 is 0 Å². The number of rotatable bonds is 6. The molecule has 1 fully saturated rings. The lowest BCUT2D eigenvalue weighted by atomic mass is 10.0. The molecule has 0 amide bonds. The highest BCUT2D eigenvalue weighted by molar-refractivity contribution is 5.19. The number of hydrogen-bond acceptors (Lipinski definition) is 3. The molecule has 1 aromatic carbocycles. The smallest absolute Gasteiger partial charge is 0.0598 e. The average molecular weight is 285 g/mol. The molecule has 0 saturated carbocycles. The van der Waals surface area contributed by atoms with Crippen LogP contribution in [0.3, 0.4) is 0 Å². The highest BCUT2D eigenvalue weighted by Crippen LogP contribution is 2.18. The van der Waals surface area contributed by atoms with Crippen LogP contribution in [0.15, 0.2) is 30.3 Å². The normalized spacial score (nSPS) is 18.6. The van der Waals surface area contributed by atoms with E-state index in [0.29, 0.717) is 12.1 Å². The molecule has 3 nitrogen and oxygen atoms in total. The van der Waals surface area contributed by atoms with Crippen molar-refractivity contribution in [3.63, 3.8) is 0 Å². The van der Waals surface area contributed by atoms with Gasteiger partial charge in [0.1, 0.15) is 0 Å². The van der Waals surface area contributed by atoms with E-state index < -0.39 is 0 Å². The summed E-state index contributed by atoms with van der Waals surface area (Å²) in [5.41, 5.74) is 1.37. The maximum atomic E-state index is 5.39. The number of hydrogen-bond donors (Lipinski definition) is 1. The topological polar surface area (TPSA) is 18.5 Å². The van der Waals surface area contributed by atoms with Crippen LogP contribution < -0.4 is 5.32 Å². The quantitative estimate of drug-likeness (QED) is 0.806. The minimum Gasteiger partial charge on any atom is -0.308 e. The summed E-state index contributed by atoms with van der Waals surface area (Å²) in [6.07, 6.45) is 7.75. The molecule has 1 aliphatic rings. The number of nitrogens with one attached hydrogen (secondary N) is 1. The van der Waals surface area contributed by atoms with Crippen molar-refractivity contribution in [2.75, 3.05) is 40.3 Å². The lowest BCUT2D eigenvalue weighted by Crippen LogP contribution is -2.45. The Kier molecular flexibility index (Phi) is 6.25. The van der Waals surface area contributed by atoms with Crippen molar-refractivity contribution < 1.29 is 0 Å². The molecule has 114 valence electrons. The van der Waals surface area contributed by atoms with Gasteiger partial charge in [0.2, 0.25) is 0 Å². The van der Waals surface area contributed by atoms with Gasteiger partial charge < -0.3 is 10.2 Å². The summed E-state index contributed by atoms with van der Waals surface area (Å²) in [4.78, 5) is 4.61. The molecule has 0 aromatic heterocycles. The van der Waals surface area contributed by atoms with Gasteiger partial charge in [0.15, 0.2) is 0 Å². The Balaban J connectivity index is 1.92. The van der Waals surface area contributed by atoms with Gasteiger partial charge in [0.05, 0.1) is 6.54 Å². The SMILES string of the molecule is C#CCN1CCC(NC(CN(C)C)c2ccccc2)CC1. The van der Waals surface area contributed by atoms with Crippen molar-refractivity contribution in [3.8, 4) is 12.3 Å². The molecule has 1 aromatic rings. The first-order chi connectivity index (χ1) is 10.2. The van der Waals surface area contributed by atoms with Crippen LogP contribution in [-0.4, -0.2) is 56.1 Å². The molecule has 1 unspecified atom stereocenters. The van der Waals surface area contributed by atoms with E-state index in [9.17, 15) is 0 Å². The number of nitrogens with zero attached hydrogens (tertiary/aromatic N) is 2. The minimum atomic E-state index is 0.394. The largest absolute Gasteiger partial charge is 0.308 e. The van der Waals surface area contributed by atoms with Gasteiger partial charge in [-0.25, -0.2) is 0 Å². The molecule has 1 N–H and O–H groups in total. The predicted octanol–water partition coefficient (Wildman–Crippen LogP) is 1.98. The zero-order valence-corrected chi connectivity index (χ0v) is 13.3. The van der Waals surface area contributed by atoms with Crippen molar-refractivity contribution in [2.24, 2.45) is 0 Å². The summed E-state index contributed by atoms with van der Waals surface area (Å²) in [7, 11) is 4.26. The fraction of sp³-hybridized carbons (Fsp3) is 0.556. The van der Waals surface area contributed by atoms with Crippen LogP contribution >= 0.6 is 0 Å². The van der Waals surface area contributed by atoms with Crippen LogP contribution in [0.25, 0.3) is 0 Å². The number of piperidine rings is 1. The summed E-state index contributed by atoms with van der Waals surface area (Å²) in [6.45, 7) is 4.01. The van der Waals surface area contributed by atoms with Gasteiger partial charge in [0, 0.05) is 31.7 Å². The number of likely N-dealkylation sites (N-methyl/N-ethyl adjacent to an activating group) is 1. The Morgan fingerprint density at radius 2 is 1.95 bits per heavy atom. The molecule has 1 saturated heterocycles. The third-order valence-corrected chi connectivity index (χ3v) is 4.09. The van der Waals surface area contributed by atoms with Crippen molar-refractivity contribution in [3.05, 3.63) is 35.9 Å². The summed E-state index contributed by atoms with van der Waals surface area (Å²) < 4.78 is 0. The third kappa shape index (κ3) is 5.17. The van der Waals surface area contributed by atoms with Crippen molar-refractivity contribution in [1.29, 1.82) is 0 Å². The molecule has 1 atom stereocenters. The Morgan fingerprint density at radius 1 is 1.29 bits per heavy atom. The fourth-order valence-electron chi connectivity index (χ4n) is 2.98. The first-order valence-corrected chi connectivity index (χ1v) is 7.80. The van der Waals surface area contributed by atoms with E-state index in [-0.39, 0.29) is 0 Å². The summed E-state index contributed by atoms with van der Waals surface area (Å²) >= 11 is 0. The standard InChI is InChI=1S/C18H27N3/c1-4-12-21-13-10-17(11-14-21)19-18(15-20(2)3)16-8-6-5-7-9-16/h1,5-9,17-19H,10-15H2,2-3H3. The summed E-state index contributed by atoms with van der Waals surface area (Å²) in [5, 5.41) is 3.85. The first-order valence-electron chi connectivity index (χ1n) is 7.80. The summed E-state index contributed by atoms with van der Waals surface area (Å²) in [5.74, 6) is 2.74. The van der Waals surface area contributed by atoms with Gasteiger partial charge in [-0.15, -0.1) is 6.42 Å². The van der Waals surface area contributed by atoms with E-state index in [1.807, 2.05) is 0 Å². The highest BCUT2D eigenvalue weighted by Gasteiger charge is 2.22. The average Bonchev–Trinajstić information content (AvgIpc) is 2.49. The molecular formula is C18H27N3. The van der Waals surface area contributed by atoms with E-state index in [2.05, 4.69) is 65.5 Å². The lowest BCUT2D eigenvalue weighted by Gasteiger charge is -2.34. The molecular weight excluding hydrogens is 258 g/mol. The molecule has 2 rings (SSSR count). The Morgan fingerprint density at radius 3 is 2.52 bits per heavy atom. The fourth-order valence-corrected chi connectivity index (χ4v) is 2.98. The van der Waals surface area contributed by atoms with E-state index in [1.54, 1.807) is 0 Å². The molecule has 3 heteroatoms. The van der Waals surface area contributed by atoms with Crippen LogP contribution in [0.5, 0.6) is 0 Å². The second-order valence-electron chi connectivity index (χ2n) is 6.15. The summed E-state index contributed by atoms with van der Waals surface area (Å²) in [6, 6.07) is 11.7. The maximum Gasteiger partial charge on any atom is 0.0598 e. The maximum absolute atomic E-state index is 5.39. The van der Waals surface area contributed by atoms with Gasteiger partial charge >= 0.3 is 0 Å². The second kappa shape index (κ2) is 8.19. The van der Waals surface area contributed by atoms with Gasteiger partial charge in [-0.1, -0.05) is 36.3 Å². The van der Waals surface area contributed by atoms with Crippen LogP contribution in [-0.2, 0) is 0 Å². The molecule has 0 spiro atoms. The van der Waals surface area contributed by atoms with Gasteiger partial charge in [0.25, 0.3) is 0 Å². The van der Waals surface area contributed by atoms with Gasteiger partial charge in [-0.05, 0) is 32.5 Å². The van der Waals surface area contributed by atoms with Crippen molar-refractivity contribution in [2.45, 2.75) is 24.9 Å². The molecule has 0 bridgehead atoms. The Hall–Kier alpha value is -1.34. The van der Waals surface area contributed by atoms with E-state index in [0.717, 1.165) is 26.2 Å². The monoisotopic (exact) mass is 285 g/mol. The van der Waals surface area contributed by atoms with Crippen LogP contribution in [0.1, 0.15) is 24.4 Å². The van der Waals surface area contributed by atoms with E-state index in [4.69, 9.17) is 6.42 Å². The Labute approximate surface area is 129 Å². The second-order valence-corrected chi connectivity index (χ2v) is 6.15. The van der Waals surface area contributed by atoms with Crippen molar-refractivity contribution >= 4 is 0 Å². The van der Waals surface area contributed by atoms with Crippen LogP contribution in [0, 0.1) is 12.3 Å². The zero-order valence-electron chi connectivity index (χ0n) is 13.3. The first kappa shape index (κ1) is 16.0. The highest BCUT2D eigenvalue weighted by atomic mass is 15.2. The van der Waals surface area contributed by atoms with Crippen LogP contribution in [0.4, 0.5) is 0 Å². The molecule has 21 heavy (non-hydrogen) atoms. The lowest BCUT2D eigenvalue weighted by molar-refractivity contribution is 0.201. The van der Waals surface area contributed by atoms with Crippen molar-refractivity contribution in [1.82, 2.24) is 15.1 Å². The van der Waals surface area contributed by atoms with Gasteiger partial charge in [-0.2, -0.15) is 0 Å². The number of likely N-dealkylation sites (tertiary alicyclic amines) is 1. The molecule has 0 radical (unpaired) electrons. The third-order valence-electron chi connectivity index (χ3n) is 4.09. The molecule has 1 heterocycles. The van der Waals surface area contributed by atoms with Crippen LogP contribution in [0.2, 0.25) is 0 Å². The number of terminal acetylenes is 1. The Bertz CT molecular complexity index is 441. The minimum absolute atomic E-state index is 0.394. The zero-order chi connectivity index (χ0) is 15.1. The van der Waals surface area contributed by atoms with Gasteiger partial charge in [-0.3, -0.25) is 4.90 Å². The van der Waals surface area contributed by atoms with E-state index in [1.165, 1.54) is 18.4 Å². The molecule has 0 aliphatic carbocycles. The number of benzene rings is 1.